The third-order valence-corrected chi connectivity index (χ3v) is 9.35. The Morgan fingerprint density at radius 2 is 1.83 bits per heavy atom. The second-order valence-electron chi connectivity index (χ2n) is 7.38. The van der Waals surface area contributed by atoms with Gasteiger partial charge in [-0.1, -0.05) is 34.6 Å². The van der Waals surface area contributed by atoms with E-state index in [2.05, 4.69) is 47.7 Å². The van der Waals surface area contributed by atoms with Gasteiger partial charge in [-0.3, -0.25) is 4.79 Å². The standard InChI is InChI=1S/C15H30O2Si/c1-8-12-10-13(9-11(2)14(12)16)17-18(6,7)15(3,4)5/h11-13H,8-10H2,1-7H3/t11-,12+,13-/m0/s1. The fourth-order valence-electron chi connectivity index (χ4n) is 2.50. The molecule has 1 fully saturated rings. The van der Waals surface area contributed by atoms with Crippen LogP contribution in [0.3, 0.4) is 0 Å². The summed E-state index contributed by atoms with van der Waals surface area (Å²) in [6.45, 7) is 15.6. The van der Waals surface area contributed by atoms with Gasteiger partial charge in [-0.2, -0.15) is 0 Å². The average Bonchev–Trinajstić information content (AvgIpc) is 2.21. The summed E-state index contributed by atoms with van der Waals surface area (Å²) in [5, 5.41) is 0.249. The van der Waals surface area contributed by atoms with Crippen LogP contribution in [0, 0.1) is 11.8 Å². The number of hydrogen-bond donors (Lipinski definition) is 0. The smallest absolute Gasteiger partial charge is 0.192 e. The number of carbonyl (C=O) groups is 1. The molecule has 0 spiro atoms. The maximum absolute atomic E-state index is 12.0. The van der Waals surface area contributed by atoms with E-state index in [1.54, 1.807) is 0 Å². The van der Waals surface area contributed by atoms with Crippen molar-refractivity contribution in [1.29, 1.82) is 0 Å². The molecular formula is C15H30O2Si. The summed E-state index contributed by atoms with van der Waals surface area (Å²) in [6.07, 6.45) is 3.11. The quantitative estimate of drug-likeness (QED) is 0.710. The van der Waals surface area contributed by atoms with Crippen molar-refractivity contribution in [2.24, 2.45) is 11.8 Å². The van der Waals surface area contributed by atoms with Crippen molar-refractivity contribution >= 4 is 14.1 Å². The lowest BCUT2D eigenvalue weighted by molar-refractivity contribution is -0.131. The maximum Gasteiger partial charge on any atom is 0.192 e. The van der Waals surface area contributed by atoms with Crippen molar-refractivity contribution in [2.45, 2.75) is 78.1 Å². The van der Waals surface area contributed by atoms with E-state index in [4.69, 9.17) is 4.43 Å². The van der Waals surface area contributed by atoms with Gasteiger partial charge in [0.15, 0.2) is 8.32 Å². The van der Waals surface area contributed by atoms with Gasteiger partial charge < -0.3 is 4.43 Å². The molecule has 18 heavy (non-hydrogen) atoms. The van der Waals surface area contributed by atoms with Crippen LogP contribution in [0.5, 0.6) is 0 Å². The number of rotatable bonds is 3. The summed E-state index contributed by atoms with van der Waals surface area (Å²) in [5.41, 5.74) is 0. The van der Waals surface area contributed by atoms with Crippen LogP contribution in [-0.4, -0.2) is 20.2 Å². The summed E-state index contributed by atoms with van der Waals surface area (Å²) >= 11 is 0. The molecule has 1 saturated carbocycles. The first-order valence-electron chi connectivity index (χ1n) is 7.30. The van der Waals surface area contributed by atoms with E-state index in [-0.39, 0.29) is 16.9 Å². The highest BCUT2D eigenvalue weighted by atomic mass is 28.4. The van der Waals surface area contributed by atoms with E-state index in [1.165, 1.54) is 0 Å². The van der Waals surface area contributed by atoms with E-state index in [1.807, 2.05) is 0 Å². The van der Waals surface area contributed by atoms with Gasteiger partial charge in [-0.15, -0.1) is 0 Å². The van der Waals surface area contributed by atoms with Crippen LogP contribution in [0.15, 0.2) is 0 Å². The van der Waals surface area contributed by atoms with Gasteiger partial charge >= 0.3 is 0 Å². The first-order valence-corrected chi connectivity index (χ1v) is 10.2. The van der Waals surface area contributed by atoms with Crippen LogP contribution in [0.25, 0.3) is 0 Å². The average molecular weight is 270 g/mol. The Balaban J connectivity index is 2.72. The number of Topliss-reactive ketones (excluding diaryl/α,β-unsaturated/α-hetero) is 1. The second-order valence-corrected chi connectivity index (χ2v) is 12.1. The highest BCUT2D eigenvalue weighted by molar-refractivity contribution is 6.74. The monoisotopic (exact) mass is 270 g/mol. The largest absolute Gasteiger partial charge is 0.414 e. The first kappa shape index (κ1) is 15.9. The summed E-state index contributed by atoms with van der Waals surface area (Å²) in [6, 6.07) is 0. The minimum Gasteiger partial charge on any atom is -0.414 e. The predicted octanol–water partition coefficient (Wildman–Crippen LogP) is 4.40. The Morgan fingerprint density at radius 3 is 2.28 bits per heavy atom. The third kappa shape index (κ3) is 3.44. The van der Waals surface area contributed by atoms with Crippen molar-refractivity contribution in [1.82, 2.24) is 0 Å². The van der Waals surface area contributed by atoms with Gasteiger partial charge in [0.2, 0.25) is 0 Å². The molecule has 0 aliphatic heterocycles. The van der Waals surface area contributed by atoms with Crippen molar-refractivity contribution < 1.29 is 9.22 Å². The van der Waals surface area contributed by atoms with E-state index < -0.39 is 8.32 Å². The Labute approximate surface area is 114 Å². The fraction of sp³-hybridized carbons (Fsp3) is 0.933. The second kappa shape index (κ2) is 5.46. The lowest BCUT2D eigenvalue weighted by Crippen LogP contribution is -2.47. The Kier molecular flexibility index (Phi) is 4.82. The van der Waals surface area contributed by atoms with Crippen molar-refractivity contribution in [2.75, 3.05) is 0 Å². The highest BCUT2D eigenvalue weighted by Gasteiger charge is 2.42. The molecule has 1 aliphatic rings. The zero-order chi connectivity index (χ0) is 14.1. The third-order valence-electron chi connectivity index (χ3n) is 4.81. The van der Waals surface area contributed by atoms with Crippen molar-refractivity contribution in [3.05, 3.63) is 0 Å². The van der Waals surface area contributed by atoms with E-state index in [0.717, 1.165) is 19.3 Å². The lowest BCUT2D eigenvalue weighted by Gasteiger charge is -2.42. The minimum atomic E-state index is -1.70. The molecule has 0 radical (unpaired) electrons. The van der Waals surface area contributed by atoms with Crippen LogP contribution in [0.1, 0.15) is 53.9 Å². The number of hydrogen-bond acceptors (Lipinski definition) is 2. The van der Waals surface area contributed by atoms with Gasteiger partial charge in [0.1, 0.15) is 5.78 Å². The predicted molar refractivity (Wildman–Crippen MR) is 79.3 cm³/mol. The van der Waals surface area contributed by atoms with Crippen molar-refractivity contribution in [3.8, 4) is 0 Å². The molecule has 106 valence electrons. The van der Waals surface area contributed by atoms with E-state index in [9.17, 15) is 4.79 Å². The zero-order valence-electron chi connectivity index (χ0n) is 13.2. The molecule has 0 aromatic heterocycles. The molecule has 3 heteroatoms. The molecule has 2 nitrogen and oxygen atoms in total. The molecule has 1 rings (SSSR count). The van der Waals surface area contributed by atoms with Crippen LogP contribution in [0.4, 0.5) is 0 Å². The Hall–Kier alpha value is -0.153. The fourth-order valence-corrected chi connectivity index (χ4v) is 3.88. The van der Waals surface area contributed by atoms with Crippen molar-refractivity contribution in [3.63, 3.8) is 0 Å². The summed E-state index contributed by atoms with van der Waals surface area (Å²) in [4.78, 5) is 12.0. The Bertz CT molecular complexity index is 304. The molecule has 3 atom stereocenters. The molecule has 0 aromatic carbocycles. The molecule has 0 aromatic rings. The highest BCUT2D eigenvalue weighted by Crippen LogP contribution is 2.40. The molecule has 0 amide bonds. The molecular weight excluding hydrogens is 240 g/mol. The van der Waals surface area contributed by atoms with E-state index >= 15 is 0 Å². The zero-order valence-corrected chi connectivity index (χ0v) is 14.2. The van der Waals surface area contributed by atoms with Crippen LogP contribution >= 0.6 is 0 Å². The molecule has 0 bridgehead atoms. The van der Waals surface area contributed by atoms with E-state index in [0.29, 0.717) is 11.9 Å². The SMILES string of the molecule is CC[C@@H]1C[C@@H](O[Si](C)(C)C(C)(C)C)C[C@H](C)C1=O. The summed E-state index contributed by atoms with van der Waals surface area (Å²) in [7, 11) is -1.70. The maximum atomic E-state index is 12.0. The lowest BCUT2D eigenvalue weighted by atomic mass is 9.78. The normalized spacial score (nSPS) is 30.6. The van der Waals surface area contributed by atoms with Crippen LogP contribution in [0.2, 0.25) is 18.1 Å². The van der Waals surface area contributed by atoms with Gasteiger partial charge in [0.05, 0.1) is 0 Å². The number of ketones is 1. The van der Waals surface area contributed by atoms with Crippen LogP contribution in [-0.2, 0) is 9.22 Å². The first-order chi connectivity index (χ1) is 8.08. The van der Waals surface area contributed by atoms with Gasteiger partial charge in [0.25, 0.3) is 0 Å². The van der Waals surface area contributed by atoms with Gasteiger partial charge in [-0.05, 0) is 37.4 Å². The Morgan fingerprint density at radius 1 is 1.28 bits per heavy atom. The molecule has 0 unspecified atom stereocenters. The molecule has 0 heterocycles. The van der Waals surface area contributed by atoms with Gasteiger partial charge in [-0.25, -0.2) is 0 Å². The molecule has 0 saturated heterocycles. The topological polar surface area (TPSA) is 26.3 Å². The summed E-state index contributed by atoms with van der Waals surface area (Å²) in [5.74, 6) is 0.856. The number of carbonyl (C=O) groups excluding carboxylic acids is 1. The minimum absolute atomic E-state index is 0.179. The summed E-state index contributed by atoms with van der Waals surface area (Å²) < 4.78 is 6.48. The molecule has 1 aliphatic carbocycles. The van der Waals surface area contributed by atoms with Gasteiger partial charge in [0, 0.05) is 17.9 Å². The van der Waals surface area contributed by atoms with Crippen LogP contribution < -0.4 is 0 Å². The molecule has 0 N–H and O–H groups in total.